The molecular formula is C39H28N4S. The molecule has 1 aliphatic carbocycles. The Morgan fingerprint density at radius 1 is 0.659 bits per heavy atom. The van der Waals surface area contributed by atoms with Gasteiger partial charge in [-0.2, -0.15) is 0 Å². The molecule has 1 aromatic heterocycles. The van der Waals surface area contributed by atoms with Crippen molar-refractivity contribution in [3.05, 3.63) is 162 Å². The van der Waals surface area contributed by atoms with E-state index in [1.54, 1.807) is 0 Å². The molecule has 3 unspecified atom stereocenters. The van der Waals surface area contributed by atoms with Crippen molar-refractivity contribution in [3.8, 4) is 11.1 Å². The molecule has 1 N–H and O–H groups in total. The third-order valence-electron chi connectivity index (χ3n) is 8.86. The zero-order valence-corrected chi connectivity index (χ0v) is 24.7. The SMILES string of the molecule is C1=CC2c3cc(-c4cccc5c4sc4ccccc45)ccc3N(C3=NC(c4ccccc4)N=C(c4ccccc4)N3)C2C=C1. The highest BCUT2D eigenvalue weighted by Crippen LogP contribution is 2.47. The molecule has 3 atom stereocenters. The van der Waals surface area contributed by atoms with E-state index in [1.165, 1.54) is 42.6 Å². The molecule has 0 bridgehead atoms. The molecule has 0 saturated heterocycles. The van der Waals surface area contributed by atoms with Crippen LogP contribution in [0.4, 0.5) is 5.69 Å². The van der Waals surface area contributed by atoms with Crippen LogP contribution in [0.2, 0.25) is 0 Å². The zero-order chi connectivity index (χ0) is 29.0. The number of amidine groups is 1. The van der Waals surface area contributed by atoms with Gasteiger partial charge in [-0.3, -0.25) is 0 Å². The molecule has 0 fully saturated rings. The van der Waals surface area contributed by atoms with Crippen LogP contribution >= 0.6 is 11.3 Å². The Bertz CT molecular complexity index is 2170. The van der Waals surface area contributed by atoms with Crippen LogP contribution in [-0.2, 0) is 0 Å². The van der Waals surface area contributed by atoms with E-state index in [0.717, 1.165) is 22.9 Å². The van der Waals surface area contributed by atoms with Crippen molar-refractivity contribution in [2.24, 2.45) is 9.98 Å². The Labute approximate surface area is 260 Å². The fraction of sp³-hybridized carbons (Fsp3) is 0.0769. The average molecular weight is 585 g/mol. The molecule has 44 heavy (non-hydrogen) atoms. The topological polar surface area (TPSA) is 40.0 Å². The number of anilines is 1. The number of hydrogen-bond donors (Lipinski definition) is 1. The number of allylic oxidation sites excluding steroid dienone is 2. The Kier molecular flexibility index (Phi) is 5.84. The number of hydrogen-bond acceptors (Lipinski definition) is 5. The Balaban J connectivity index is 1.17. The van der Waals surface area contributed by atoms with Crippen LogP contribution in [0.15, 0.2) is 156 Å². The third kappa shape index (κ3) is 4.04. The summed E-state index contributed by atoms with van der Waals surface area (Å²) >= 11 is 1.88. The van der Waals surface area contributed by atoms with E-state index in [9.17, 15) is 0 Å². The van der Waals surface area contributed by atoms with Crippen molar-refractivity contribution in [2.45, 2.75) is 18.1 Å². The monoisotopic (exact) mass is 584 g/mol. The first-order chi connectivity index (χ1) is 21.8. The van der Waals surface area contributed by atoms with Gasteiger partial charge in [-0.05, 0) is 40.5 Å². The van der Waals surface area contributed by atoms with Gasteiger partial charge in [0.1, 0.15) is 5.84 Å². The summed E-state index contributed by atoms with van der Waals surface area (Å²) in [4.78, 5) is 12.7. The largest absolute Gasteiger partial charge is 0.310 e. The predicted molar refractivity (Wildman–Crippen MR) is 185 cm³/mol. The fourth-order valence-corrected chi connectivity index (χ4v) is 8.04. The van der Waals surface area contributed by atoms with Crippen molar-refractivity contribution in [1.29, 1.82) is 0 Å². The third-order valence-corrected chi connectivity index (χ3v) is 10.1. The minimum atomic E-state index is -0.335. The lowest BCUT2D eigenvalue weighted by Crippen LogP contribution is -2.50. The molecule has 210 valence electrons. The maximum absolute atomic E-state index is 5.23. The first-order valence-corrected chi connectivity index (χ1v) is 15.9. The summed E-state index contributed by atoms with van der Waals surface area (Å²) in [5, 5.41) is 6.29. The summed E-state index contributed by atoms with van der Waals surface area (Å²) in [7, 11) is 0. The maximum atomic E-state index is 5.23. The molecule has 5 aromatic carbocycles. The van der Waals surface area contributed by atoms with Gasteiger partial charge in [-0.15, -0.1) is 11.3 Å². The molecule has 9 rings (SSSR count). The van der Waals surface area contributed by atoms with Gasteiger partial charge >= 0.3 is 0 Å². The van der Waals surface area contributed by atoms with Gasteiger partial charge in [0.05, 0.1) is 6.04 Å². The van der Waals surface area contributed by atoms with E-state index in [4.69, 9.17) is 9.98 Å². The van der Waals surface area contributed by atoms with E-state index in [2.05, 4.69) is 144 Å². The van der Waals surface area contributed by atoms with Gasteiger partial charge < -0.3 is 10.2 Å². The highest BCUT2D eigenvalue weighted by atomic mass is 32.1. The molecule has 6 aromatic rings. The molecular weight excluding hydrogens is 557 g/mol. The number of nitrogens with zero attached hydrogens (tertiary/aromatic N) is 3. The number of thiophene rings is 1. The standard InChI is InChI=1S/C39H28N4S/c1-3-12-25(13-4-1)37-40-38(26-14-5-2-6-15-26)42-39(41-37)43-33-20-9-7-16-29(33)32-24-27(22-23-34(32)43)28-18-11-19-31-30-17-8-10-21-35(30)44-36(28)31/h1-24,29,33,37H,(H,40,41,42). The molecule has 3 heterocycles. The van der Waals surface area contributed by atoms with Crippen LogP contribution in [0.25, 0.3) is 31.3 Å². The molecule has 0 amide bonds. The summed E-state index contributed by atoms with van der Waals surface area (Å²) in [5.74, 6) is 1.87. The summed E-state index contributed by atoms with van der Waals surface area (Å²) < 4.78 is 2.67. The van der Waals surface area contributed by atoms with Crippen LogP contribution in [0, 0.1) is 0 Å². The smallest absolute Gasteiger partial charge is 0.207 e. The molecule has 0 radical (unpaired) electrons. The van der Waals surface area contributed by atoms with Gasteiger partial charge in [-0.25, -0.2) is 9.98 Å². The van der Waals surface area contributed by atoms with Crippen LogP contribution in [0.3, 0.4) is 0 Å². The van der Waals surface area contributed by atoms with Crippen molar-refractivity contribution in [2.75, 3.05) is 4.90 Å². The maximum Gasteiger partial charge on any atom is 0.207 e. The summed E-state index contributed by atoms with van der Waals surface area (Å²) in [6.07, 6.45) is 8.62. The quantitative estimate of drug-likeness (QED) is 0.225. The fourth-order valence-electron chi connectivity index (χ4n) is 6.81. The first kappa shape index (κ1) is 25.3. The molecule has 5 heteroatoms. The molecule has 0 saturated carbocycles. The molecule has 3 aliphatic rings. The second-order valence-electron chi connectivity index (χ2n) is 11.4. The lowest BCUT2D eigenvalue weighted by Gasteiger charge is -2.33. The van der Waals surface area contributed by atoms with E-state index in [-0.39, 0.29) is 18.1 Å². The van der Waals surface area contributed by atoms with E-state index in [1.807, 2.05) is 23.5 Å². The summed E-state index contributed by atoms with van der Waals surface area (Å²) in [6, 6.07) is 43.2. The lowest BCUT2D eigenvalue weighted by atomic mass is 9.89. The van der Waals surface area contributed by atoms with Crippen LogP contribution in [0.5, 0.6) is 0 Å². The van der Waals surface area contributed by atoms with Gasteiger partial charge in [-0.1, -0.05) is 127 Å². The average Bonchev–Trinajstić information content (AvgIpc) is 3.64. The number of fused-ring (bicyclic) bond motifs is 6. The Morgan fingerprint density at radius 2 is 1.43 bits per heavy atom. The van der Waals surface area contributed by atoms with Gasteiger partial charge in [0.2, 0.25) is 5.96 Å². The van der Waals surface area contributed by atoms with Crippen molar-refractivity contribution in [3.63, 3.8) is 0 Å². The number of nitrogens with one attached hydrogen (secondary N) is 1. The van der Waals surface area contributed by atoms with Crippen LogP contribution < -0.4 is 10.2 Å². The first-order valence-electron chi connectivity index (χ1n) is 15.0. The van der Waals surface area contributed by atoms with E-state index in [0.29, 0.717) is 0 Å². The Morgan fingerprint density at radius 3 is 2.32 bits per heavy atom. The summed E-state index contributed by atoms with van der Waals surface area (Å²) in [5.41, 5.74) is 7.14. The molecule has 4 nitrogen and oxygen atoms in total. The van der Waals surface area contributed by atoms with Gasteiger partial charge in [0, 0.05) is 37.3 Å². The zero-order valence-electron chi connectivity index (χ0n) is 23.8. The number of benzene rings is 5. The van der Waals surface area contributed by atoms with Gasteiger partial charge in [0.25, 0.3) is 0 Å². The minimum Gasteiger partial charge on any atom is -0.310 e. The highest BCUT2D eigenvalue weighted by Gasteiger charge is 2.40. The van der Waals surface area contributed by atoms with Crippen molar-refractivity contribution < 1.29 is 0 Å². The highest BCUT2D eigenvalue weighted by molar-refractivity contribution is 7.26. The summed E-state index contributed by atoms with van der Waals surface area (Å²) in [6.45, 7) is 0. The molecule has 2 aliphatic heterocycles. The van der Waals surface area contributed by atoms with Crippen molar-refractivity contribution in [1.82, 2.24) is 5.32 Å². The normalized spacial score (nSPS) is 20.3. The van der Waals surface area contributed by atoms with E-state index >= 15 is 0 Å². The molecule has 0 spiro atoms. The number of rotatable bonds is 3. The number of aliphatic imine (C=N–C) groups is 2. The van der Waals surface area contributed by atoms with Crippen LogP contribution in [-0.4, -0.2) is 17.8 Å². The van der Waals surface area contributed by atoms with Crippen LogP contribution in [0.1, 0.15) is 28.8 Å². The van der Waals surface area contributed by atoms with Crippen molar-refractivity contribution >= 4 is 49.0 Å². The number of guanidine groups is 1. The minimum absolute atomic E-state index is 0.114. The predicted octanol–water partition coefficient (Wildman–Crippen LogP) is 9.22. The Hall–Kier alpha value is -5.26. The lowest BCUT2D eigenvalue weighted by molar-refractivity contribution is 0.713. The second-order valence-corrected chi connectivity index (χ2v) is 12.5. The van der Waals surface area contributed by atoms with E-state index < -0.39 is 0 Å². The second kappa shape index (κ2) is 10.2. The van der Waals surface area contributed by atoms with Gasteiger partial charge in [0.15, 0.2) is 6.17 Å².